The Kier molecular flexibility index (Phi) is 3.60. The number of fused-ring (bicyclic) bond motifs is 1. The average Bonchev–Trinajstić information content (AvgIpc) is 3.20. The summed E-state index contributed by atoms with van der Waals surface area (Å²) in [5.74, 6) is 2.81. The molecule has 1 aliphatic heterocycles. The van der Waals surface area contributed by atoms with Gasteiger partial charge in [-0.25, -0.2) is 4.98 Å². The van der Waals surface area contributed by atoms with Crippen LogP contribution in [0.3, 0.4) is 0 Å². The summed E-state index contributed by atoms with van der Waals surface area (Å²) in [5, 5.41) is 5.44. The zero-order chi connectivity index (χ0) is 15.9. The fourth-order valence-corrected chi connectivity index (χ4v) is 4.57. The van der Waals surface area contributed by atoms with E-state index in [0.29, 0.717) is 11.8 Å². The molecule has 0 amide bonds. The monoisotopic (exact) mass is 340 g/mol. The molecule has 0 bridgehead atoms. The molecule has 1 aromatic carbocycles. The molecule has 1 saturated heterocycles. The van der Waals surface area contributed by atoms with Gasteiger partial charge in [0.2, 0.25) is 5.89 Å². The summed E-state index contributed by atoms with van der Waals surface area (Å²) in [6.45, 7) is 2.96. The fourth-order valence-electron chi connectivity index (χ4n) is 3.43. The molecule has 6 heteroatoms. The second kappa shape index (κ2) is 5.93. The molecule has 0 spiro atoms. The molecule has 0 unspecified atom stereocenters. The Morgan fingerprint density at radius 1 is 1.04 bits per heavy atom. The number of piperidine rings is 1. The Morgan fingerprint density at radius 2 is 1.88 bits per heavy atom. The molecule has 2 aliphatic rings. The first-order chi connectivity index (χ1) is 11.8. The predicted octanol–water partition coefficient (Wildman–Crippen LogP) is 3.94. The average molecular weight is 340 g/mol. The topological polar surface area (TPSA) is 55.1 Å². The molecule has 1 aliphatic carbocycles. The normalized spacial score (nSPS) is 20.0. The van der Waals surface area contributed by atoms with Gasteiger partial charge in [0, 0.05) is 11.8 Å². The Balaban J connectivity index is 1.21. The van der Waals surface area contributed by atoms with Crippen LogP contribution in [0.4, 0.5) is 0 Å². The van der Waals surface area contributed by atoms with Crippen LogP contribution in [0, 0.1) is 0 Å². The second-order valence-corrected chi connectivity index (χ2v) is 7.96. The molecule has 2 fully saturated rings. The van der Waals surface area contributed by atoms with Gasteiger partial charge >= 0.3 is 0 Å². The maximum absolute atomic E-state index is 5.36. The minimum absolute atomic E-state index is 0.538. The van der Waals surface area contributed by atoms with Crippen LogP contribution < -0.4 is 0 Å². The third-order valence-corrected chi connectivity index (χ3v) is 6.22. The van der Waals surface area contributed by atoms with E-state index in [1.165, 1.54) is 22.5 Å². The molecule has 5 rings (SSSR count). The van der Waals surface area contributed by atoms with Gasteiger partial charge in [0.25, 0.3) is 0 Å². The van der Waals surface area contributed by atoms with Gasteiger partial charge in [-0.15, -0.1) is 11.3 Å². The number of hydrogen-bond acceptors (Lipinski definition) is 6. The van der Waals surface area contributed by atoms with Crippen molar-refractivity contribution in [3.05, 3.63) is 41.0 Å². The molecule has 0 N–H and O–H groups in total. The summed E-state index contributed by atoms with van der Waals surface area (Å²) in [6.07, 6.45) is 4.73. The number of thiazole rings is 1. The molecule has 24 heavy (non-hydrogen) atoms. The standard InChI is InChI=1S/C18H20N4OS/c1-2-4-15-14(3-1)19-18(24-15)13-7-9-22(10-8-13)11-16-20-17(23-21-16)12-5-6-12/h1-4,12-13H,5-11H2. The van der Waals surface area contributed by atoms with E-state index in [1.54, 1.807) is 0 Å². The third-order valence-electron chi connectivity index (χ3n) is 5.02. The van der Waals surface area contributed by atoms with E-state index >= 15 is 0 Å². The number of rotatable bonds is 4. The quantitative estimate of drug-likeness (QED) is 0.720. The van der Waals surface area contributed by atoms with E-state index in [1.807, 2.05) is 11.3 Å². The Morgan fingerprint density at radius 3 is 2.67 bits per heavy atom. The van der Waals surface area contributed by atoms with Crippen LogP contribution in [-0.4, -0.2) is 33.1 Å². The first kappa shape index (κ1) is 14.5. The van der Waals surface area contributed by atoms with Gasteiger partial charge in [0.05, 0.1) is 21.8 Å². The van der Waals surface area contributed by atoms with E-state index in [9.17, 15) is 0 Å². The highest BCUT2D eigenvalue weighted by molar-refractivity contribution is 7.18. The van der Waals surface area contributed by atoms with Gasteiger partial charge in [0.15, 0.2) is 5.82 Å². The summed E-state index contributed by atoms with van der Waals surface area (Å²) in [5.41, 5.74) is 1.14. The highest BCUT2D eigenvalue weighted by Gasteiger charge is 2.30. The lowest BCUT2D eigenvalue weighted by Gasteiger charge is -2.29. The molecule has 3 heterocycles. The number of hydrogen-bond donors (Lipinski definition) is 0. The van der Waals surface area contributed by atoms with Gasteiger partial charge in [-0.1, -0.05) is 17.3 Å². The molecule has 1 saturated carbocycles. The smallest absolute Gasteiger partial charge is 0.229 e. The largest absolute Gasteiger partial charge is 0.339 e. The van der Waals surface area contributed by atoms with E-state index in [2.05, 4.69) is 39.3 Å². The molecule has 2 aromatic heterocycles. The zero-order valence-electron chi connectivity index (χ0n) is 13.5. The second-order valence-electron chi connectivity index (χ2n) is 6.89. The van der Waals surface area contributed by atoms with Gasteiger partial charge in [-0.2, -0.15) is 4.98 Å². The number of aromatic nitrogens is 3. The maximum Gasteiger partial charge on any atom is 0.229 e. The Hall–Kier alpha value is -1.79. The SMILES string of the molecule is c1ccc2sc(C3CCN(Cc4noc(C5CC5)n4)CC3)nc2c1. The minimum Gasteiger partial charge on any atom is -0.339 e. The number of para-hydroxylation sites is 1. The van der Waals surface area contributed by atoms with Crippen LogP contribution in [0.15, 0.2) is 28.8 Å². The van der Waals surface area contributed by atoms with Crippen LogP contribution in [0.2, 0.25) is 0 Å². The van der Waals surface area contributed by atoms with E-state index < -0.39 is 0 Å². The van der Waals surface area contributed by atoms with Crippen molar-refractivity contribution in [1.82, 2.24) is 20.0 Å². The first-order valence-electron chi connectivity index (χ1n) is 8.75. The minimum atomic E-state index is 0.538. The Labute approximate surface area is 144 Å². The van der Waals surface area contributed by atoms with E-state index in [4.69, 9.17) is 9.51 Å². The van der Waals surface area contributed by atoms with Crippen molar-refractivity contribution in [3.63, 3.8) is 0 Å². The number of likely N-dealkylation sites (tertiary alicyclic amines) is 1. The lowest BCUT2D eigenvalue weighted by atomic mass is 9.97. The van der Waals surface area contributed by atoms with Crippen molar-refractivity contribution in [2.45, 2.75) is 44.1 Å². The van der Waals surface area contributed by atoms with Crippen LogP contribution in [0.5, 0.6) is 0 Å². The van der Waals surface area contributed by atoms with Crippen molar-refractivity contribution in [2.24, 2.45) is 0 Å². The summed E-state index contributed by atoms with van der Waals surface area (Å²) in [4.78, 5) is 11.8. The van der Waals surface area contributed by atoms with Crippen LogP contribution in [0.1, 0.15) is 54.2 Å². The van der Waals surface area contributed by atoms with E-state index in [-0.39, 0.29) is 0 Å². The van der Waals surface area contributed by atoms with Crippen molar-refractivity contribution in [3.8, 4) is 0 Å². The lowest BCUT2D eigenvalue weighted by molar-refractivity contribution is 0.198. The van der Waals surface area contributed by atoms with Crippen molar-refractivity contribution < 1.29 is 4.52 Å². The molecule has 0 radical (unpaired) electrons. The van der Waals surface area contributed by atoms with Gasteiger partial charge in [-0.05, 0) is 50.9 Å². The highest BCUT2D eigenvalue weighted by Crippen LogP contribution is 2.39. The molecular formula is C18H20N4OS. The molecule has 5 nitrogen and oxygen atoms in total. The highest BCUT2D eigenvalue weighted by atomic mass is 32.1. The fraction of sp³-hybridized carbons (Fsp3) is 0.500. The molecule has 124 valence electrons. The maximum atomic E-state index is 5.36. The van der Waals surface area contributed by atoms with Gasteiger partial charge in [-0.3, -0.25) is 4.90 Å². The van der Waals surface area contributed by atoms with Gasteiger partial charge in [0.1, 0.15) is 0 Å². The summed E-state index contributed by atoms with van der Waals surface area (Å²) >= 11 is 1.85. The zero-order valence-corrected chi connectivity index (χ0v) is 14.3. The molecule has 3 aromatic rings. The Bertz CT molecular complexity index is 812. The van der Waals surface area contributed by atoms with Crippen molar-refractivity contribution in [2.75, 3.05) is 13.1 Å². The third kappa shape index (κ3) is 2.84. The number of benzene rings is 1. The van der Waals surface area contributed by atoms with Crippen LogP contribution in [-0.2, 0) is 6.54 Å². The van der Waals surface area contributed by atoms with E-state index in [0.717, 1.165) is 49.7 Å². The number of nitrogens with zero attached hydrogens (tertiary/aromatic N) is 4. The molecule has 0 atom stereocenters. The summed E-state index contributed by atoms with van der Waals surface area (Å²) in [7, 11) is 0. The van der Waals surface area contributed by atoms with Crippen molar-refractivity contribution >= 4 is 21.6 Å². The molecular weight excluding hydrogens is 320 g/mol. The van der Waals surface area contributed by atoms with Crippen molar-refractivity contribution in [1.29, 1.82) is 0 Å². The predicted molar refractivity (Wildman–Crippen MR) is 93.1 cm³/mol. The summed E-state index contributed by atoms with van der Waals surface area (Å²) in [6, 6.07) is 8.43. The lowest BCUT2D eigenvalue weighted by Crippen LogP contribution is -2.32. The summed E-state index contributed by atoms with van der Waals surface area (Å²) < 4.78 is 6.66. The first-order valence-corrected chi connectivity index (χ1v) is 9.57. The van der Waals surface area contributed by atoms with Crippen LogP contribution in [0.25, 0.3) is 10.2 Å². The van der Waals surface area contributed by atoms with Gasteiger partial charge < -0.3 is 4.52 Å². The van der Waals surface area contributed by atoms with Crippen LogP contribution >= 0.6 is 11.3 Å².